The zero-order valence-corrected chi connectivity index (χ0v) is 16.3. The van der Waals surface area contributed by atoms with Crippen molar-refractivity contribution in [1.82, 2.24) is 14.7 Å². The van der Waals surface area contributed by atoms with Crippen LogP contribution in [-0.2, 0) is 29.9 Å². The third kappa shape index (κ3) is 3.65. The monoisotopic (exact) mass is 404 g/mol. The van der Waals surface area contributed by atoms with Crippen molar-refractivity contribution in [2.24, 2.45) is 18.7 Å². The first kappa shape index (κ1) is 21.0. The molecule has 3 heterocycles. The van der Waals surface area contributed by atoms with Gasteiger partial charge in [-0.25, -0.2) is 8.42 Å². The molecule has 2 saturated heterocycles. The van der Waals surface area contributed by atoms with Gasteiger partial charge in [0.1, 0.15) is 5.15 Å². The van der Waals surface area contributed by atoms with Crippen molar-refractivity contribution in [2.75, 3.05) is 18.8 Å². The molecule has 10 heteroatoms. The summed E-state index contributed by atoms with van der Waals surface area (Å²) >= 11 is 6.31. The molecule has 0 spiro atoms. The van der Waals surface area contributed by atoms with Crippen molar-refractivity contribution in [3.05, 3.63) is 16.4 Å². The Labute approximate surface area is 154 Å². The van der Waals surface area contributed by atoms with Crippen LogP contribution in [0.2, 0.25) is 5.15 Å². The lowest BCUT2D eigenvalue weighted by molar-refractivity contribution is 0.307. The zero-order valence-electron chi connectivity index (χ0n) is 13.1. The number of hydrogen-bond acceptors (Lipinski definition) is 5. The minimum atomic E-state index is -3.04. The molecule has 2 N–H and O–H groups in total. The maximum atomic E-state index is 12.1. The van der Waals surface area contributed by atoms with E-state index < -0.39 is 9.84 Å². The van der Waals surface area contributed by atoms with Crippen LogP contribution in [0, 0.1) is 5.92 Å². The Bertz CT molecular complexity index is 664. The Morgan fingerprint density at radius 3 is 2.57 bits per heavy atom. The fourth-order valence-electron chi connectivity index (χ4n) is 3.58. The predicted octanol–water partition coefficient (Wildman–Crippen LogP) is 1.04. The standard InChI is InChI=1S/C13H21ClN4O2S.2ClH/c1-3-11-9(13(14)17(2)16-11)5-18-4-8-10(15)7-21(19,20)12(8)6-18;;/h8,10,12H,3-7,15H2,1-2H3;2*1H/t8-,10+,12-;;/m0../s1. The maximum absolute atomic E-state index is 12.1. The summed E-state index contributed by atoms with van der Waals surface area (Å²) in [6.45, 7) is 3.96. The number of aryl methyl sites for hydroxylation is 2. The predicted molar refractivity (Wildman–Crippen MR) is 96.4 cm³/mol. The molecule has 0 saturated carbocycles. The summed E-state index contributed by atoms with van der Waals surface area (Å²) in [4.78, 5) is 2.15. The highest BCUT2D eigenvalue weighted by Crippen LogP contribution is 2.34. The lowest BCUT2D eigenvalue weighted by atomic mass is 10.0. The minimum Gasteiger partial charge on any atom is -0.326 e. The first-order valence-electron chi connectivity index (χ1n) is 7.23. The van der Waals surface area contributed by atoms with Gasteiger partial charge in [0.2, 0.25) is 0 Å². The second kappa shape index (κ2) is 7.45. The molecule has 134 valence electrons. The van der Waals surface area contributed by atoms with E-state index in [1.54, 1.807) is 4.68 Å². The minimum absolute atomic E-state index is 0. The van der Waals surface area contributed by atoms with Crippen molar-refractivity contribution in [3.63, 3.8) is 0 Å². The van der Waals surface area contributed by atoms with E-state index in [0.29, 0.717) is 18.2 Å². The van der Waals surface area contributed by atoms with Crippen LogP contribution in [0.3, 0.4) is 0 Å². The molecular formula is C13H23Cl3N4O2S. The van der Waals surface area contributed by atoms with Gasteiger partial charge in [0.15, 0.2) is 9.84 Å². The van der Waals surface area contributed by atoms with Crippen LogP contribution in [0.25, 0.3) is 0 Å². The molecular weight excluding hydrogens is 383 g/mol. The summed E-state index contributed by atoms with van der Waals surface area (Å²) in [5, 5.41) is 4.72. The van der Waals surface area contributed by atoms with E-state index in [1.165, 1.54) is 0 Å². The van der Waals surface area contributed by atoms with Crippen LogP contribution in [0.4, 0.5) is 0 Å². The lowest BCUT2D eigenvalue weighted by Gasteiger charge is -2.18. The molecule has 0 amide bonds. The first-order chi connectivity index (χ1) is 9.83. The number of sulfone groups is 1. The fourth-order valence-corrected chi connectivity index (χ4v) is 6.08. The van der Waals surface area contributed by atoms with Gasteiger partial charge in [0, 0.05) is 44.2 Å². The number of aromatic nitrogens is 2. The van der Waals surface area contributed by atoms with Crippen molar-refractivity contribution >= 4 is 46.3 Å². The van der Waals surface area contributed by atoms with E-state index in [4.69, 9.17) is 17.3 Å². The molecule has 3 atom stereocenters. The Morgan fingerprint density at radius 1 is 1.35 bits per heavy atom. The van der Waals surface area contributed by atoms with Crippen LogP contribution in [0.15, 0.2) is 0 Å². The molecule has 0 aliphatic carbocycles. The normalized spacial score (nSPS) is 29.0. The SMILES string of the molecule is CCc1nn(C)c(Cl)c1CN1C[C@H]2[C@H](N)CS(=O)(=O)[C@H]2C1.Cl.Cl. The second-order valence-corrected chi connectivity index (χ2v) is 8.71. The molecule has 1 aromatic rings. The van der Waals surface area contributed by atoms with Gasteiger partial charge in [-0.3, -0.25) is 9.58 Å². The Balaban J connectivity index is 0.00000132. The van der Waals surface area contributed by atoms with E-state index in [9.17, 15) is 8.42 Å². The summed E-state index contributed by atoms with van der Waals surface area (Å²) in [6, 6.07) is -0.236. The maximum Gasteiger partial charge on any atom is 0.156 e. The number of nitrogens with two attached hydrogens (primary N) is 1. The van der Waals surface area contributed by atoms with Gasteiger partial charge in [0.05, 0.1) is 16.7 Å². The zero-order chi connectivity index (χ0) is 15.4. The molecule has 0 aromatic carbocycles. The van der Waals surface area contributed by atoms with E-state index in [1.807, 2.05) is 14.0 Å². The molecule has 2 aliphatic rings. The summed E-state index contributed by atoms with van der Waals surface area (Å²) < 4.78 is 25.9. The van der Waals surface area contributed by atoms with Crippen molar-refractivity contribution < 1.29 is 8.42 Å². The van der Waals surface area contributed by atoms with E-state index in [-0.39, 0.29) is 47.8 Å². The molecule has 0 bridgehead atoms. The molecule has 6 nitrogen and oxygen atoms in total. The van der Waals surface area contributed by atoms with Gasteiger partial charge in [-0.15, -0.1) is 24.8 Å². The third-order valence-electron chi connectivity index (χ3n) is 4.69. The topological polar surface area (TPSA) is 81.2 Å². The van der Waals surface area contributed by atoms with Crippen LogP contribution >= 0.6 is 36.4 Å². The van der Waals surface area contributed by atoms with Crippen molar-refractivity contribution in [2.45, 2.75) is 31.2 Å². The average molecular weight is 406 g/mol. The molecule has 2 aliphatic heterocycles. The smallest absolute Gasteiger partial charge is 0.156 e. The number of rotatable bonds is 3. The van der Waals surface area contributed by atoms with Crippen molar-refractivity contribution in [3.8, 4) is 0 Å². The van der Waals surface area contributed by atoms with Crippen molar-refractivity contribution in [1.29, 1.82) is 0 Å². The first-order valence-corrected chi connectivity index (χ1v) is 9.32. The second-order valence-electron chi connectivity index (χ2n) is 6.08. The van der Waals surface area contributed by atoms with Gasteiger partial charge in [-0.1, -0.05) is 18.5 Å². The Morgan fingerprint density at radius 2 is 2.00 bits per heavy atom. The van der Waals surface area contributed by atoms with Crippen LogP contribution in [0.5, 0.6) is 0 Å². The number of fused-ring (bicyclic) bond motifs is 1. The fraction of sp³-hybridized carbons (Fsp3) is 0.769. The third-order valence-corrected chi connectivity index (χ3v) is 7.43. The molecule has 0 unspecified atom stereocenters. The number of hydrogen-bond donors (Lipinski definition) is 1. The molecule has 0 radical (unpaired) electrons. The molecule has 23 heavy (non-hydrogen) atoms. The van der Waals surface area contributed by atoms with Gasteiger partial charge in [-0.2, -0.15) is 5.10 Å². The largest absolute Gasteiger partial charge is 0.326 e. The van der Waals surface area contributed by atoms with E-state index in [0.717, 1.165) is 24.2 Å². The molecule has 3 rings (SSSR count). The Hall–Kier alpha value is -0.0500. The quantitative estimate of drug-likeness (QED) is 0.812. The van der Waals surface area contributed by atoms with Gasteiger partial charge in [0.25, 0.3) is 0 Å². The van der Waals surface area contributed by atoms with Gasteiger partial charge < -0.3 is 5.73 Å². The summed E-state index contributed by atoms with van der Waals surface area (Å²) in [5.41, 5.74) is 7.98. The number of halogens is 3. The highest BCUT2D eigenvalue weighted by molar-refractivity contribution is 7.92. The summed E-state index contributed by atoms with van der Waals surface area (Å²) in [5.74, 6) is 0.180. The van der Waals surface area contributed by atoms with Crippen LogP contribution < -0.4 is 5.73 Å². The number of nitrogens with zero attached hydrogens (tertiary/aromatic N) is 3. The average Bonchev–Trinajstić information content (AvgIpc) is 3.01. The lowest BCUT2D eigenvalue weighted by Crippen LogP contribution is -2.33. The van der Waals surface area contributed by atoms with E-state index >= 15 is 0 Å². The summed E-state index contributed by atoms with van der Waals surface area (Å²) in [6.07, 6.45) is 0.814. The molecule has 2 fully saturated rings. The van der Waals surface area contributed by atoms with Gasteiger partial charge >= 0.3 is 0 Å². The highest BCUT2D eigenvalue weighted by Gasteiger charge is 2.50. The highest BCUT2D eigenvalue weighted by atomic mass is 35.5. The molecule has 1 aromatic heterocycles. The Kier molecular flexibility index (Phi) is 6.80. The van der Waals surface area contributed by atoms with E-state index in [2.05, 4.69) is 10.00 Å². The number of likely N-dealkylation sites (tertiary alicyclic amines) is 1. The van der Waals surface area contributed by atoms with Gasteiger partial charge in [-0.05, 0) is 6.42 Å². The van der Waals surface area contributed by atoms with Crippen LogP contribution in [-0.4, -0.2) is 53.2 Å². The van der Waals surface area contributed by atoms with Crippen LogP contribution in [0.1, 0.15) is 18.2 Å². The summed E-state index contributed by atoms with van der Waals surface area (Å²) in [7, 11) is -1.22.